The van der Waals surface area contributed by atoms with Crippen LogP contribution in [0.3, 0.4) is 0 Å². The Morgan fingerprint density at radius 2 is 2.44 bits per heavy atom. The van der Waals surface area contributed by atoms with Crippen LogP contribution in [0.5, 0.6) is 0 Å². The maximum Gasteiger partial charge on any atom is 0.123 e. The largest absolute Gasteiger partial charge is 0.207 e. The smallest absolute Gasteiger partial charge is 0.123 e. The first-order valence-corrected chi connectivity index (χ1v) is 3.32. The number of rotatable bonds is 0. The van der Waals surface area contributed by atoms with Crippen LogP contribution in [0, 0.1) is 0 Å². The van der Waals surface area contributed by atoms with E-state index in [0.29, 0.717) is 5.57 Å². The van der Waals surface area contributed by atoms with Crippen molar-refractivity contribution in [2.24, 2.45) is 0 Å². The van der Waals surface area contributed by atoms with Crippen molar-refractivity contribution in [1.82, 2.24) is 0 Å². The SMILES string of the molecule is CC1=CCC(Cl)C=C1F. The summed E-state index contributed by atoms with van der Waals surface area (Å²) in [5.74, 6) is -0.179. The fourth-order valence-electron chi connectivity index (χ4n) is 0.745. The molecule has 0 amide bonds. The van der Waals surface area contributed by atoms with Crippen LogP contribution in [-0.2, 0) is 0 Å². The highest BCUT2D eigenvalue weighted by Crippen LogP contribution is 2.21. The molecule has 0 heterocycles. The van der Waals surface area contributed by atoms with Gasteiger partial charge in [0.2, 0.25) is 0 Å². The van der Waals surface area contributed by atoms with Crippen LogP contribution in [-0.4, -0.2) is 5.38 Å². The van der Waals surface area contributed by atoms with Gasteiger partial charge < -0.3 is 0 Å². The Morgan fingerprint density at radius 1 is 1.78 bits per heavy atom. The highest BCUT2D eigenvalue weighted by atomic mass is 35.5. The average molecular weight is 147 g/mol. The standard InChI is InChI=1S/C7H8ClF/c1-5-2-3-6(8)4-7(5)9/h2,4,6H,3H2,1H3. The first-order valence-electron chi connectivity index (χ1n) is 2.88. The van der Waals surface area contributed by atoms with Crippen LogP contribution in [0.15, 0.2) is 23.6 Å². The molecule has 2 heteroatoms. The summed E-state index contributed by atoms with van der Waals surface area (Å²) in [7, 11) is 0. The van der Waals surface area contributed by atoms with Crippen molar-refractivity contribution < 1.29 is 4.39 Å². The molecule has 1 rings (SSSR count). The van der Waals surface area contributed by atoms with Crippen molar-refractivity contribution in [1.29, 1.82) is 0 Å². The quantitative estimate of drug-likeness (QED) is 0.461. The van der Waals surface area contributed by atoms with Crippen molar-refractivity contribution in [2.45, 2.75) is 18.7 Å². The summed E-state index contributed by atoms with van der Waals surface area (Å²) in [4.78, 5) is 0. The first kappa shape index (κ1) is 6.81. The molecule has 0 fully saturated rings. The third kappa shape index (κ3) is 1.55. The Kier molecular flexibility index (Phi) is 1.91. The van der Waals surface area contributed by atoms with Crippen LogP contribution < -0.4 is 0 Å². The zero-order valence-corrected chi connectivity index (χ0v) is 5.95. The first-order chi connectivity index (χ1) is 4.20. The van der Waals surface area contributed by atoms with E-state index in [-0.39, 0.29) is 11.2 Å². The minimum absolute atomic E-state index is 0.145. The molecule has 0 bridgehead atoms. The summed E-state index contributed by atoms with van der Waals surface area (Å²) in [5, 5.41) is -0.145. The second-order valence-electron chi connectivity index (χ2n) is 2.15. The van der Waals surface area contributed by atoms with Crippen LogP contribution in [0.4, 0.5) is 4.39 Å². The summed E-state index contributed by atoms with van der Waals surface area (Å²) >= 11 is 5.62. The molecule has 0 nitrogen and oxygen atoms in total. The Bertz CT molecular complexity index is 170. The van der Waals surface area contributed by atoms with Crippen molar-refractivity contribution >= 4 is 11.6 Å². The normalized spacial score (nSPS) is 27.2. The molecule has 0 saturated heterocycles. The van der Waals surface area contributed by atoms with Crippen LogP contribution in [0.1, 0.15) is 13.3 Å². The van der Waals surface area contributed by atoms with Crippen molar-refractivity contribution in [2.75, 3.05) is 0 Å². The van der Waals surface area contributed by atoms with Gasteiger partial charge in [-0.15, -0.1) is 11.6 Å². The Hall–Kier alpha value is -0.300. The third-order valence-corrected chi connectivity index (χ3v) is 1.66. The van der Waals surface area contributed by atoms with Gasteiger partial charge in [-0.3, -0.25) is 0 Å². The molecular weight excluding hydrogens is 139 g/mol. The third-order valence-electron chi connectivity index (χ3n) is 1.35. The number of allylic oxidation sites excluding steroid dienone is 4. The lowest BCUT2D eigenvalue weighted by molar-refractivity contribution is 0.636. The number of hydrogen-bond acceptors (Lipinski definition) is 0. The molecule has 9 heavy (non-hydrogen) atoms. The summed E-state index contributed by atoms with van der Waals surface area (Å²) < 4.78 is 12.5. The lowest BCUT2D eigenvalue weighted by atomic mass is 10.1. The predicted molar refractivity (Wildman–Crippen MR) is 37.2 cm³/mol. The van der Waals surface area contributed by atoms with E-state index in [9.17, 15) is 4.39 Å². The molecule has 0 aromatic heterocycles. The monoisotopic (exact) mass is 146 g/mol. The van der Waals surface area contributed by atoms with Gasteiger partial charge in [0.1, 0.15) is 5.83 Å². The van der Waals surface area contributed by atoms with Gasteiger partial charge in [-0.1, -0.05) is 6.08 Å². The van der Waals surface area contributed by atoms with E-state index in [2.05, 4.69) is 0 Å². The van der Waals surface area contributed by atoms with Gasteiger partial charge in [0.15, 0.2) is 0 Å². The zero-order valence-electron chi connectivity index (χ0n) is 5.20. The second kappa shape index (κ2) is 2.53. The van der Waals surface area contributed by atoms with Gasteiger partial charge in [0.25, 0.3) is 0 Å². The van der Waals surface area contributed by atoms with E-state index in [0.717, 1.165) is 6.42 Å². The number of hydrogen-bond donors (Lipinski definition) is 0. The number of alkyl halides is 1. The van der Waals surface area contributed by atoms with Gasteiger partial charge in [0.05, 0.1) is 5.38 Å². The van der Waals surface area contributed by atoms with E-state index >= 15 is 0 Å². The summed E-state index contributed by atoms with van der Waals surface area (Å²) in [5.41, 5.74) is 0.701. The molecule has 0 spiro atoms. The van der Waals surface area contributed by atoms with Crippen molar-refractivity contribution in [3.8, 4) is 0 Å². The van der Waals surface area contributed by atoms with Gasteiger partial charge in [0, 0.05) is 0 Å². The topological polar surface area (TPSA) is 0 Å². The summed E-state index contributed by atoms with van der Waals surface area (Å²) in [6, 6.07) is 0. The maximum absolute atomic E-state index is 12.5. The zero-order chi connectivity index (χ0) is 6.85. The van der Waals surface area contributed by atoms with E-state index in [1.165, 1.54) is 6.08 Å². The summed E-state index contributed by atoms with van der Waals surface area (Å²) in [6.07, 6.45) is 4.00. The lowest BCUT2D eigenvalue weighted by Crippen LogP contribution is -1.98. The Morgan fingerprint density at radius 3 is 2.89 bits per heavy atom. The second-order valence-corrected chi connectivity index (χ2v) is 2.71. The predicted octanol–water partition coefficient (Wildman–Crippen LogP) is 2.80. The van der Waals surface area contributed by atoms with Gasteiger partial charge in [-0.05, 0) is 25.0 Å². The average Bonchev–Trinajstić information content (AvgIpc) is 1.80. The van der Waals surface area contributed by atoms with Crippen LogP contribution in [0.25, 0.3) is 0 Å². The van der Waals surface area contributed by atoms with E-state index in [1.54, 1.807) is 6.92 Å². The minimum Gasteiger partial charge on any atom is -0.207 e. The van der Waals surface area contributed by atoms with Crippen molar-refractivity contribution in [3.63, 3.8) is 0 Å². The fraction of sp³-hybridized carbons (Fsp3) is 0.429. The molecule has 1 unspecified atom stereocenters. The molecule has 0 radical (unpaired) electrons. The maximum atomic E-state index is 12.5. The molecule has 0 aliphatic heterocycles. The Balaban J connectivity index is 2.75. The minimum atomic E-state index is -0.179. The van der Waals surface area contributed by atoms with Gasteiger partial charge >= 0.3 is 0 Å². The molecule has 1 aliphatic carbocycles. The van der Waals surface area contributed by atoms with Crippen LogP contribution >= 0.6 is 11.6 Å². The lowest BCUT2D eigenvalue weighted by Gasteiger charge is -2.08. The molecular formula is C7H8ClF. The molecule has 0 saturated carbocycles. The highest BCUT2D eigenvalue weighted by molar-refractivity contribution is 6.22. The molecule has 0 aromatic carbocycles. The summed E-state index contributed by atoms with van der Waals surface area (Å²) in [6.45, 7) is 1.74. The Labute approximate surface area is 59.0 Å². The number of halogens is 2. The fourth-order valence-corrected chi connectivity index (χ4v) is 0.945. The van der Waals surface area contributed by atoms with E-state index in [1.807, 2.05) is 6.08 Å². The van der Waals surface area contributed by atoms with Gasteiger partial charge in [-0.2, -0.15) is 0 Å². The molecule has 0 N–H and O–H groups in total. The highest BCUT2D eigenvalue weighted by Gasteiger charge is 2.08. The van der Waals surface area contributed by atoms with Gasteiger partial charge in [-0.25, -0.2) is 4.39 Å². The molecule has 50 valence electrons. The molecule has 0 aromatic rings. The van der Waals surface area contributed by atoms with Crippen molar-refractivity contribution in [3.05, 3.63) is 23.6 Å². The van der Waals surface area contributed by atoms with E-state index in [4.69, 9.17) is 11.6 Å². The molecule has 1 atom stereocenters. The molecule has 1 aliphatic rings. The van der Waals surface area contributed by atoms with Crippen LogP contribution in [0.2, 0.25) is 0 Å². The van der Waals surface area contributed by atoms with E-state index < -0.39 is 0 Å².